The molecule has 1 N–H and O–H groups in total. The van der Waals surface area contributed by atoms with Gasteiger partial charge in [-0.3, -0.25) is 30.5 Å². The summed E-state index contributed by atoms with van der Waals surface area (Å²) in [6.07, 6.45) is 3.51. The Labute approximate surface area is 193 Å². The fourth-order valence-corrected chi connectivity index (χ4v) is 3.71. The van der Waals surface area contributed by atoms with Crippen molar-refractivity contribution in [2.24, 2.45) is 4.99 Å². The predicted molar refractivity (Wildman–Crippen MR) is 126 cm³/mol. The van der Waals surface area contributed by atoms with Crippen molar-refractivity contribution in [2.45, 2.75) is 26.7 Å². The van der Waals surface area contributed by atoms with Gasteiger partial charge in [0.1, 0.15) is 5.84 Å². The van der Waals surface area contributed by atoms with Gasteiger partial charge in [-0.1, -0.05) is 12.1 Å². The first kappa shape index (κ1) is 25.4. The lowest BCUT2D eigenvalue weighted by molar-refractivity contribution is -0.924. The number of nitriles is 1. The number of nitrogens with zero attached hydrogens (tertiary/aromatic N) is 5. The fraction of sp³-hybridized carbons (Fsp3) is 0.391. The van der Waals surface area contributed by atoms with Gasteiger partial charge in [0.2, 0.25) is 0 Å². The van der Waals surface area contributed by atoms with Crippen LogP contribution in [0.25, 0.3) is 0 Å². The highest BCUT2D eigenvalue weighted by Gasteiger charge is 2.22. The van der Waals surface area contributed by atoms with E-state index in [1.807, 2.05) is 18.3 Å². The third-order valence-electron chi connectivity index (χ3n) is 5.95. The highest BCUT2D eigenvalue weighted by molar-refractivity contribution is 5.99. The number of non-ortho nitro benzene ring substituents is 2. The van der Waals surface area contributed by atoms with Crippen LogP contribution in [0.4, 0.5) is 11.4 Å². The minimum atomic E-state index is -0.470. The predicted octanol–water partition coefficient (Wildman–Crippen LogP) is 3.81. The number of likely N-dealkylation sites (N-methyl/N-ethyl adjacent to an activating group) is 1. The van der Waals surface area contributed by atoms with Gasteiger partial charge >= 0.3 is 0 Å². The van der Waals surface area contributed by atoms with Crippen LogP contribution in [-0.4, -0.2) is 52.9 Å². The molecule has 0 heterocycles. The minimum Gasteiger partial charge on any atom is -0.324 e. The van der Waals surface area contributed by atoms with E-state index in [-0.39, 0.29) is 11.4 Å². The van der Waals surface area contributed by atoms with E-state index in [0.29, 0.717) is 17.9 Å². The van der Waals surface area contributed by atoms with Gasteiger partial charge in [-0.25, -0.2) is 0 Å². The Morgan fingerprint density at radius 2 is 1.52 bits per heavy atom. The van der Waals surface area contributed by atoms with E-state index in [1.165, 1.54) is 12.1 Å². The molecule has 0 aliphatic heterocycles. The molecule has 0 fully saturated rings. The second-order valence-electron chi connectivity index (χ2n) is 7.72. The summed E-state index contributed by atoms with van der Waals surface area (Å²) in [5.74, 6) is 0.393. The molecule has 2 aromatic carbocycles. The minimum absolute atomic E-state index is 0.0175. The SMILES string of the molecule is CC[N+](CC)(CCCN=C(NC#N)c1ccc([N+](=O)[O-])cc1)CCc1ccc([N+](=O)[O-])cc1. The molecule has 0 saturated heterocycles. The van der Waals surface area contributed by atoms with Gasteiger partial charge in [-0.15, -0.1) is 0 Å². The highest BCUT2D eigenvalue weighted by atomic mass is 16.6. The number of nitro groups is 2. The van der Waals surface area contributed by atoms with Crippen molar-refractivity contribution < 1.29 is 14.3 Å². The van der Waals surface area contributed by atoms with Crippen LogP contribution in [0, 0.1) is 31.7 Å². The molecule has 33 heavy (non-hydrogen) atoms. The fourth-order valence-electron chi connectivity index (χ4n) is 3.71. The van der Waals surface area contributed by atoms with Gasteiger partial charge in [-0.05, 0) is 31.5 Å². The Bertz CT molecular complexity index is 1010. The van der Waals surface area contributed by atoms with E-state index < -0.39 is 9.85 Å². The van der Waals surface area contributed by atoms with E-state index >= 15 is 0 Å². The van der Waals surface area contributed by atoms with E-state index in [4.69, 9.17) is 5.26 Å². The van der Waals surface area contributed by atoms with E-state index in [2.05, 4.69) is 24.2 Å². The molecule has 0 radical (unpaired) electrons. The van der Waals surface area contributed by atoms with Crippen molar-refractivity contribution >= 4 is 17.2 Å². The Balaban J connectivity index is 1.99. The maximum absolute atomic E-state index is 10.8. The van der Waals surface area contributed by atoms with Gasteiger partial charge in [0.25, 0.3) is 11.4 Å². The zero-order valence-corrected chi connectivity index (χ0v) is 18.9. The summed E-state index contributed by atoms with van der Waals surface area (Å²) in [5, 5.41) is 33.3. The first-order chi connectivity index (χ1) is 15.8. The van der Waals surface area contributed by atoms with Gasteiger partial charge in [0, 0.05) is 49.2 Å². The molecule has 0 aromatic heterocycles. The molecule has 0 amide bonds. The molecular weight excluding hydrogens is 424 g/mol. The van der Waals surface area contributed by atoms with Crippen LogP contribution >= 0.6 is 0 Å². The number of benzene rings is 2. The number of amidine groups is 1. The van der Waals surface area contributed by atoms with Crippen molar-refractivity contribution in [1.82, 2.24) is 5.32 Å². The normalized spacial score (nSPS) is 11.6. The number of hydrogen-bond acceptors (Lipinski definition) is 6. The maximum atomic E-state index is 10.8. The number of aliphatic imine (C=N–C) groups is 1. The van der Waals surface area contributed by atoms with E-state index in [9.17, 15) is 20.2 Å². The van der Waals surface area contributed by atoms with E-state index in [0.717, 1.165) is 49.1 Å². The molecule has 0 spiro atoms. The summed E-state index contributed by atoms with van der Waals surface area (Å²) in [7, 11) is 0. The molecule has 2 aromatic rings. The Hall–Kier alpha value is -3.84. The standard InChI is InChI=1S/C23H29N6O4/c1-3-29(4-2,17-14-19-6-10-21(11-7-19)27(30)31)16-5-15-25-23(26-18-24)20-8-12-22(13-9-20)28(32)33/h6-13H,3-5,14-17H2,1-2H3,(H,25,26)/q+1. The van der Waals surface area contributed by atoms with Crippen molar-refractivity contribution in [3.63, 3.8) is 0 Å². The van der Waals surface area contributed by atoms with Crippen LogP contribution in [0.3, 0.4) is 0 Å². The molecule has 2 rings (SSSR count). The molecule has 0 aliphatic rings. The molecule has 174 valence electrons. The number of quaternary nitrogens is 1. The van der Waals surface area contributed by atoms with Gasteiger partial charge in [0.15, 0.2) is 6.19 Å². The Morgan fingerprint density at radius 1 is 0.970 bits per heavy atom. The molecule has 0 atom stereocenters. The van der Waals surface area contributed by atoms with Crippen molar-refractivity contribution in [1.29, 1.82) is 5.26 Å². The van der Waals surface area contributed by atoms with Crippen LogP contribution in [0.5, 0.6) is 0 Å². The Morgan fingerprint density at radius 3 is 2.00 bits per heavy atom. The molecule has 0 saturated carbocycles. The van der Waals surface area contributed by atoms with Crippen LogP contribution in [0.2, 0.25) is 0 Å². The second kappa shape index (κ2) is 12.3. The van der Waals surface area contributed by atoms with Crippen molar-refractivity contribution in [3.8, 4) is 6.19 Å². The molecule has 0 unspecified atom stereocenters. The monoisotopic (exact) mass is 453 g/mol. The van der Waals surface area contributed by atoms with E-state index in [1.54, 1.807) is 24.3 Å². The molecular formula is C23H29N6O4+. The average Bonchev–Trinajstić information content (AvgIpc) is 2.83. The summed E-state index contributed by atoms with van der Waals surface area (Å²) in [6.45, 7) is 8.56. The second-order valence-corrected chi connectivity index (χ2v) is 7.72. The third kappa shape index (κ3) is 7.36. The maximum Gasteiger partial charge on any atom is 0.269 e. The van der Waals surface area contributed by atoms with Crippen LogP contribution < -0.4 is 5.32 Å². The molecule has 0 aliphatic carbocycles. The third-order valence-corrected chi connectivity index (χ3v) is 5.95. The number of nitrogens with one attached hydrogen (secondary N) is 1. The van der Waals surface area contributed by atoms with Crippen molar-refractivity contribution in [2.75, 3.05) is 32.7 Å². The first-order valence-corrected chi connectivity index (χ1v) is 10.9. The lowest BCUT2D eigenvalue weighted by Crippen LogP contribution is -2.49. The lowest BCUT2D eigenvalue weighted by Gasteiger charge is -2.37. The summed E-state index contributed by atoms with van der Waals surface area (Å²) in [5.41, 5.74) is 1.77. The van der Waals surface area contributed by atoms with Crippen LogP contribution in [0.1, 0.15) is 31.4 Å². The smallest absolute Gasteiger partial charge is 0.269 e. The van der Waals surface area contributed by atoms with Crippen molar-refractivity contribution in [3.05, 3.63) is 79.9 Å². The lowest BCUT2D eigenvalue weighted by atomic mass is 10.1. The number of nitro benzene ring substituents is 2. The topological polar surface area (TPSA) is 134 Å². The summed E-state index contributed by atoms with van der Waals surface area (Å²) in [4.78, 5) is 25.3. The summed E-state index contributed by atoms with van der Waals surface area (Å²) in [6, 6.07) is 12.6. The Kier molecular flexibility index (Phi) is 9.45. The first-order valence-electron chi connectivity index (χ1n) is 10.9. The van der Waals surface area contributed by atoms with Gasteiger partial charge < -0.3 is 4.48 Å². The zero-order chi connectivity index (χ0) is 24.3. The molecule has 10 heteroatoms. The quantitative estimate of drug-likeness (QED) is 0.0759. The molecule has 0 bridgehead atoms. The number of hydrogen-bond donors (Lipinski definition) is 1. The largest absolute Gasteiger partial charge is 0.324 e. The average molecular weight is 454 g/mol. The van der Waals surface area contributed by atoms with Crippen LogP contribution in [-0.2, 0) is 6.42 Å². The highest BCUT2D eigenvalue weighted by Crippen LogP contribution is 2.16. The zero-order valence-electron chi connectivity index (χ0n) is 18.9. The number of rotatable bonds is 12. The van der Waals surface area contributed by atoms with Gasteiger partial charge in [-0.2, -0.15) is 5.26 Å². The summed E-state index contributed by atoms with van der Waals surface area (Å²) >= 11 is 0. The van der Waals surface area contributed by atoms with Gasteiger partial charge in [0.05, 0.1) is 36.0 Å². The van der Waals surface area contributed by atoms with Crippen LogP contribution in [0.15, 0.2) is 53.5 Å². The molecule has 10 nitrogen and oxygen atoms in total. The summed E-state index contributed by atoms with van der Waals surface area (Å²) < 4.78 is 0.894.